The van der Waals surface area contributed by atoms with Crippen molar-refractivity contribution in [2.75, 3.05) is 13.1 Å². The summed E-state index contributed by atoms with van der Waals surface area (Å²) in [5, 5.41) is 3.65. The molecule has 0 saturated heterocycles. The molecular weight excluding hydrogens is 339 g/mol. The number of carbonyl (C=O) groups excluding carboxylic acids is 1. The van der Waals surface area contributed by atoms with Gasteiger partial charge in [-0.2, -0.15) is 0 Å². The van der Waals surface area contributed by atoms with Gasteiger partial charge in [0.05, 0.1) is 6.54 Å². The van der Waals surface area contributed by atoms with Gasteiger partial charge in [0.25, 0.3) is 0 Å². The molecule has 0 radical (unpaired) electrons. The van der Waals surface area contributed by atoms with E-state index in [9.17, 15) is 9.18 Å². The van der Waals surface area contributed by atoms with Gasteiger partial charge in [-0.05, 0) is 43.0 Å². The van der Waals surface area contributed by atoms with Crippen molar-refractivity contribution in [3.05, 3.63) is 70.5 Å². The van der Waals surface area contributed by atoms with Crippen LogP contribution in [-0.2, 0) is 17.8 Å². The summed E-state index contributed by atoms with van der Waals surface area (Å²) in [6.07, 6.45) is 2.89. The van der Waals surface area contributed by atoms with Crippen molar-refractivity contribution in [1.29, 1.82) is 0 Å². The van der Waals surface area contributed by atoms with Crippen LogP contribution in [0.25, 0.3) is 0 Å². The summed E-state index contributed by atoms with van der Waals surface area (Å²) in [6.45, 7) is 1.34. The first-order valence-electron chi connectivity index (χ1n) is 8.60. The van der Waals surface area contributed by atoms with E-state index in [1.54, 1.807) is 12.1 Å². The van der Waals surface area contributed by atoms with Crippen molar-refractivity contribution in [2.45, 2.75) is 31.8 Å². The number of nitrogens with one attached hydrogen (secondary N) is 1. The van der Waals surface area contributed by atoms with Gasteiger partial charge in [-0.25, -0.2) is 4.39 Å². The molecule has 1 amide bonds. The highest BCUT2D eigenvalue weighted by Crippen LogP contribution is 2.28. The smallest absolute Gasteiger partial charge is 0.234 e. The fourth-order valence-electron chi connectivity index (χ4n) is 2.88. The van der Waals surface area contributed by atoms with Gasteiger partial charge in [-0.15, -0.1) is 0 Å². The van der Waals surface area contributed by atoms with Crippen molar-refractivity contribution >= 4 is 17.5 Å². The largest absolute Gasteiger partial charge is 0.355 e. The predicted molar refractivity (Wildman–Crippen MR) is 98.0 cm³/mol. The van der Waals surface area contributed by atoms with E-state index in [4.69, 9.17) is 11.6 Å². The average Bonchev–Trinajstić information content (AvgIpc) is 3.41. The standard InChI is InChI=1S/C20H22ClFN2O/c21-17-6-3-4-15(12-17)10-11-23-20(25)14-24(18-8-9-18)13-16-5-1-2-7-19(16)22/h1-7,12,18H,8-11,13-14H2,(H,23,25). The zero-order chi connectivity index (χ0) is 17.6. The second-order valence-corrected chi connectivity index (χ2v) is 6.89. The third kappa shape index (κ3) is 5.55. The first-order valence-corrected chi connectivity index (χ1v) is 8.98. The Kier molecular flexibility index (Phi) is 6.05. The summed E-state index contributed by atoms with van der Waals surface area (Å²) in [5.41, 5.74) is 1.74. The lowest BCUT2D eigenvalue weighted by Crippen LogP contribution is -2.39. The third-order valence-electron chi connectivity index (χ3n) is 4.37. The minimum absolute atomic E-state index is 0.0229. The molecule has 3 rings (SSSR count). The number of rotatable bonds is 8. The monoisotopic (exact) mass is 360 g/mol. The highest BCUT2D eigenvalue weighted by atomic mass is 35.5. The normalized spacial score (nSPS) is 13.9. The fraction of sp³-hybridized carbons (Fsp3) is 0.350. The number of benzene rings is 2. The molecule has 1 fully saturated rings. The number of nitrogens with zero attached hydrogens (tertiary/aromatic N) is 1. The van der Waals surface area contributed by atoms with Crippen LogP contribution in [0.2, 0.25) is 5.02 Å². The third-order valence-corrected chi connectivity index (χ3v) is 4.60. The molecule has 132 valence electrons. The molecule has 5 heteroatoms. The number of halogens is 2. The molecule has 1 aliphatic carbocycles. The Morgan fingerprint density at radius 3 is 2.72 bits per heavy atom. The number of carbonyl (C=O) groups is 1. The molecule has 3 nitrogen and oxygen atoms in total. The predicted octanol–water partition coefficient (Wildman–Crippen LogP) is 3.80. The summed E-state index contributed by atoms with van der Waals surface area (Å²) in [4.78, 5) is 14.3. The Balaban J connectivity index is 1.49. The lowest BCUT2D eigenvalue weighted by molar-refractivity contribution is -0.122. The van der Waals surface area contributed by atoms with Crippen molar-refractivity contribution in [3.63, 3.8) is 0 Å². The maximum atomic E-state index is 13.9. The lowest BCUT2D eigenvalue weighted by Gasteiger charge is -2.21. The van der Waals surface area contributed by atoms with Crippen LogP contribution in [-0.4, -0.2) is 29.9 Å². The van der Waals surface area contributed by atoms with Crippen molar-refractivity contribution in [2.24, 2.45) is 0 Å². The second kappa shape index (κ2) is 8.45. The summed E-state index contributed by atoms with van der Waals surface area (Å²) < 4.78 is 13.9. The van der Waals surface area contributed by atoms with Gasteiger partial charge in [0.1, 0.15) is 5.82 Å². The Morgan fingerprint density at radius 2 is 2.00 bits per heavy atom. The van der Waals surface area contributed by atoms with E-state index >= 15 is 0 Å². The molecular formula is C20H22ClFN2O. The molecule has 1 aliphatic rings. The Bertz CT molecular complexity index is 733. The number of hydrogen-bond donors (Lipinski definition) is 1. The minimum Gasteiger partial charge on any atom is -0.355 e. The summed E-state index contributed by atoms with van der Waals surface area (Å²) in [5.74, 6) is -0.236. The first-order chi connectivity index (χ1) is 12.1. The van der Waals surface area contributed by atoms with Crippen molar-refractivity contribution in [3.8, 4) is 0 Å². The van der Waals surface area contributed by atoms with E-state index in [1.807, 2.05) is 30.3 Å². The van der Waals surface area contributed by atoms with Crippen molar-refractivity contribution in [1.82, 2.24) is 10.2 Å². The molecule has 0 aliphatic heterocycles. The van der Waals surface area contributed by atoms with E-state index in [0.29, 0.717) is 36.3 Å². The molecule has 0 spiro atoms. The summed E-state index contributed by atoms with van der Waals surface area (Å²) >= 11 is 5.96. The fourth-order valence-corrected chi connectivity index (χ4v) is 3.09. The summed E-state index contributed by atoms with van der Waals surface area (Å²) in [7, 11) is 0. The van der Waals surface area contributed by atoms with Crippen LogP contribution < -0.4 is 5.32 Å². The quantitative estimate of drug-likeness (QED) is 0.776. The number of hydrogen-bond acceptors (Lipinski definition) is 2. The lowest BCUT2D eigenvalue weighted by atomic mass is 10.1. The Hall–Kier alpha value is -1.91. The van der Waals surface area contributed by atoms with Gasteiger partial charge >= 0.3 is 0 Å². The molecule has 0 atom stereocenters. The zero-order valence-electron chi connectivity index (χ0n) is 14.1. The molecule has 1 N–H and O–H groups in total. The Labute approximate surface area is 152 Å². The van der Waals surface area contributed by atoms with Gasteiger partial charge < -0.3 is 5.32 Å². The van der Waals surface area contributed by atoms with Gasteiger partial charge in [0.15, 0.2) is 0 Å². The average molecular weight is 361 g/mol. The Morgan fingerprint density at radius 1 is 1.20 bits per heavy atom. The van der Waals surface area contributed by atoms with E-state index in [2.05, 4.69) is 10.2 Å². The van der Waals surface area contributed by atoms with Gasteiger partial charge in [0, 0.05) is 29.7 Å². The number of amides is 1. The van der Waals surface area contributed by atoms with E-state index in [-0.39, 0.29) is 11.7 Å². The maximum absolute atomic E-state index is 13.9. The van der Waals surface area contributed by atoms with Crippen LogP contribution >= 0.6 is 11.6 Å². The summed E-state index contributed by atoms with van der Waals surface area (Å²) in [6, 6.07) is 14.8. The molecule has 0 unspecified atom stereocenters. The molecule has 0 bridgehead atoms. The molecule has 2 aromatic rings. The second-order valence-electron chi connectivity index (χ2n) is 6.46. The van der Waals surface area contributed by atoms with Crippen LogP contribution in [0.1, 0.15) is 24.0 Å². The van der Waals surface area contributed by atoms with E-state index in [0.717, 1.165) is 24.8 Å². The van der Waals surface area contributed by atoms with Crippen LogP contribution in [0.5, 0.6) is 0 Å². The van der Waals surface area contributed by atoms with Crippen LogP contribution in [0, 0.1) is 5.82 Å². The van der Waals surface area contributed by atoms with Gasteiger partial charge in [0.2, 0.25) is 5.91 Å². The van der Waals surface area contributed by atoms with E-state index < -0.39 is 0 Å². The van der Waals surface area contributed by atoms with Gasteiger partial charge in [-0.1, -0.05) is 41.9 Å². The van der Waals surface area contributed by atoms with Crippen LogP contribution in [0.4, 0.5) is 4.39 Å². The zero-order valence-corrected chi connectivity index (χ0v) is 14.8. The highest BCUT2D eigenvalue weighted by molar-refractivity contribution is 6.30. The first kappa shape index (κ1) is 17.9. The molecule has 0 aromatic heterocycles. The minimum atomic E-state index is -0.213. The van der Waals surface area contributed by atoms with Gasteiger partial charge in [-0.3, -0.25) is 9.69 Å². The molecule has 1 saturated carbocycles. The topological polar surface area (TPSA) is 32.3 Å². The molecule has 25 heavy (non-hydrogen) atoms. The highest BCUT2D eigenvalue weighted by Gasteiger charge is 2.30. The molecule has 2 aromatic carbocycles. The van der Waals surface area contributed by atoms with E-state index in [1.165, 1.54) is 6.07 Å². The van der Waals surface area contributed by atoms with Crippen LogP contribution in [0.15, 0.2) is 48.5 Å². The maximum Gasteiger partial charge on any atom is 0.234 e. The van der Waals surface area contributed by atoms with Crippen molar-refractivity contribution < 1.29 is 9.18 Å². The molecule has 0 heterocycles. The SMILES string of the molecule is O=C(CN(Cc1ccccc1F)C1CC1)NCCc1cccc(Cl)c1. The van der Waals surface area contributed by atoms with Crippen LogP contribution in [0.3, 0.4) is 0 Å².